The van der Waals surface area contributed by atoms with E-state index in [0.717, 1.165) is 5.39 Å². The van der Waals surface area contributed by atoms with Gasteiger partial charge in [-0.05, 0) is 23.8 Å². The standard InChI is InChI=1S/C20H16FN5O/c1-22-20-15-7-12(14-5-3-4-6-16(14)21)8-17(27-2)18(15)25-19(26-20)13-9-23-11-24-10-13/h3-11H,1-2H3,(H,22,25,26). The Bertz CT molecular complexity index is 1120. The highest BCUT2D eigenvalue weighted by Gasteiger charge is 2.16. The molecule has 0 atom stereocenters. The number of hydrogen-bond acceptors (Lipinski definition) is 6. The van der Waals surface area contributed by atoms with Crippen LogP contribution in [0.2, 0.25) is 0 Å². The molecule has 1 N–H and O–H groups in total. The van der Waals surface area contributed by atoms with Crippen LogP contribution in [0.25, 0.3) is 33.4 Å². The molecule has 0 radical (unpaired) electrons. The van der Waals surface area contributed by atoms with Gasteiger partial charge in [0.2, 0.25) is 0 Å². The first kappa shape index (κ1) is 16.8. The van der Waals surface area contributed by atoms with Gasteiger partial charge in [0.15, 0.2) is 5.82 Å². The van der Waals surface area contributed by atoms with Gasteiger partial charge in [0.25, 0.3) is 0 Å². The number of hydrogen-bond donors (Lipinski definition) is 1. The fourth-order valence-corrected chi connectivity index (χ4v) is 2.94. The number of rotatable bonds is 4. The summed E-state index contributed by atoms with van der Waals surface area (Å²) in [6.07, 6.45) is 4.74. The molecule has 0 aliphatic heterocycles. The summed E-state index contributed by atoms with van der Waals surface area (Å²) in [5, 5.41) is 3.82. The number of methoxy groups -OCH3 is 1. The average Bonchev–Trinajstić information content (AvgIpc) is 2.73. The molecular formula is C20H16FN5O. The molecular weight excluding hydrogens is 345 g/mol. The van der Waals surface area contributed by atoms with Crippen molar-refractivity contribution < 1.29 is 9.13 Å². The van der Waals surface area contributed by atoms with E-state index >= 15 is 0 Å². The number of aromatic nitrogens is 4. The van der Waals surface area contributed by atoms with Crippen LogP contribution in [-0.2, 0) is 0 Å². The third kappa shape index (κ3) is 3.03. The van der Waals surface area contributed by atoms with Crippen molar-refractivity contribution in [3.05, 3.63) is 60.9 Å². The Hall–Kier alpha value is -3.61. The lowest BCUT2D eigenvalue weighted by Gasteiger charge is -2.13. The Morgan fingerprint density at radius 3 is 2.48 bits per heavy atom. The molecule has 6 nitrogen and oxygen atoms in total. The van der Waals surface area contributed by atoms with Crippen molar-refractivity contribution in [2.24, 2.45) is 0 Å². The average molecular weight is 361 g/mol. The van der Waals surface area contributed by atoms with E-state index in [4.69, 9.17) is 4.74 Å². The number of nitrogens with zero attached hydrogens (tertiary/aromatic N) is 4. The minimum absolute atomic E-state index is 0.302. The van der Waals surface area contributed by atoms with Crippen molar-refractivity contribution >= 4 is 16.7 Å². The first-order valence-corrected chi connectivity index (χ1v) is 8.29. The molecule has 0 amide bonds. The Labute approximate surface area is 155 Å². The van der Waals surface area contributed by atoms with Gasteiger partial charge in [-0.2, -0.15) is 0 Å². The van der Waals surface area contributed by atoms with Gasteiger partial charge in [0.05, 0.1) is 12.7 Å². The minimum atomic E-state index is -0.302. The van der Waals surface area contributed by atoms with Crippen LogP contribution in [0.15, 0.2) is 55.1 Å². The van der Waals surface area contributed by atoms with Crippen LogP contribution in [0.1, 0.15) is 0 Å². The summed E-state index contributed by atoms with van der Waals surface area (Å²) >= 11 is 0. The highest BCUT2D eigenvalue weighted by Crippen LogP contribution is 2.36. The van der Waals surface area contributed by atoms with Gasteiger partial charge < -0.3 is 10.1 Å². The molecule has 0 saturated heterocycles. The molecule has 2 heterocycles. The summed E-state index contributed by atoms with van der Waals surface area (Å²) in [7, 11) is 3.33. The number of halogens is 1. The smallest absolute Gasteiger partial charge is 0.165 e. The fourth-order valence-electron chi connectivity index (χ4n) is 2.94. The van der Waals surface area contributed by atoms with E-state index in [0.29, 0.717) is 39.6 Å². The zero-order valence-corrected chi connectivity index (χ0v) is 14.8. The Kier molecular flexibility index (Phi) is 4.33. The normalized spacial score (nSPS) is 10.8. The molecule has 2 aromatic heterocycles. The van der Waals surface area contributed by atoms with E-state index in [9.17, 15) is 4.39 Å². The molecule has 4 rings (SSSR count). The summed E-state index contributed by atoms with van der Waals surface area (Å²) in [6, 6.07) is 10.2. The number of fused-ring (bicyclic) bond motifs is 1. The zero-order valence-electron chi connectivity index (χ0n) is 14.8. The third-order valence-corrected chi connectivity index (χ3v) is 4.23. The maximum absolute atomic E-state index is 14.3. The summed E-state index contributed by atoms with van der Waals surface area (Å²) in [5.74, 6) is 1.31. The molecule has 0 unspecified atom stereocenters. The predicted octanol–water partition coefficient (Wildman–Crippen LogP) is 3.94. The molecule has 0 bridgehead atoms. The minimum Gasteiger partial charge on any atom is -0.494 e. The van der Waals surface area contributed by atoms with Crippen LogP contribution < -0.4 is 10.1 Å². The van der Waals surface area contributed by atoms with Crippen LogP contribution in [0.3, 0.4) is 0 Å². The molecule has 2 aromatic carbocycles. The van der Waals surface area contributed by atoms with Crippen LogP contribution in [0.4, 0.5) is 10.2 Å². The largest absolute Gasteiger partial charge is 0.494 e. The van der Waals surface area contributed by atoms with E-state index in [-0.39, 0.29) is 5.82 Å². The van der Waals surface area contributed by atoms with Crippen LogP contribution in [0, 0.1) is 5.82 Å². The second-order valence-corrected chi connectivity index (χ2v) is 5.83. The molecule has 0 aliphatic rings. The summed E-state index contributed by atoms with van der Waals surface area (Å²) < 4.78 is 19.8. The fraction of sp³-hybridized carbons (Fsp3) is 0.100. The van der Waals surface area contributed by atoms with Crippen molar-refractivity contribution in [1.82, 2.24) is 19.9 Å². The van der Waals surface area contributed by atoms with E-state index < -0.39 is 0 Å². The molecule has 0 spiro atoms. The van der Waals surface area contributed by atoms with E-state index in [1.165, 1.54) is 12.4 Å². The van der Waals surface area contributed by atoms with Crippen LogP contribution >= 0.6 is 0 Å². The van der Waals surface area contributed by atoms with Crippen molar-refractivity contribution in [3.63, 3.8) is 0 Å². The van der Waals surface area contributed by atoms with Crippen molar-refractivity contribution in [3.8, 4) is 28.3 Å². The van der Waals surface area contributed by atoms with Crippen molar-refractivity contribution in [2.45, 2.75) is 0 Å². The van der Waals surface area contributed by atoms with E-state index in [2.05, 4.69) is 25.3 Å². The Morgan fingerprint density at radius 1 is 1.00 bits per heavy atom. The number of nitrogens with one attached hydrogen (secondary N) is 1. The molecule has 0 saturated carbocycles. The van der Waals surface area contributed by atoms with E-state index in [1.54, 1.807) is 50.8 Å². The highest BCUT2D eigenvalue weighted by molar-refractivity contribution is 5.97. The summed E-state index contributed by atoms with van der Waals surface area (Å²) in [6.45, 7) is 0. The van der Waals surface area contributed by atoms with Gasteiger partial charge in [-0.3, -0.25) is 0 Å². The van der Waals surface area contributed by atoms with Gasteiger partial charge >= 0.3 is 0 Å². The zero-order chi connectivity index (χ0) is 18.8. The number of ether oxygens (including phenoxy) is 1. The van der Waals surface area contributed by atoms with Crippen molar-refractivity contribution in [2.75, 3.05) is 19.5 Å². The lowest BCUT2D eigenvalue weighted by molar-refractivity contribution is 0.419. The molecule has 0 fully saturated rings. The van der Waals surface area contributed by atoms with Crippen molar-refractivity contribution in [1.29, 1.82) is 0 Å². The van der Waals surface area contributed by atoms with Gasteiger partial charge in [0.1, 0.15) is 29.2 Å². The van der Waals surface area contributed by atoms with Gasteiger partial charge in [0, 0.05) is 30.4 Å². The second-order valence-electron chi connectivity index (χ2n) is 5.83. The predicted molar refractivity (Wildman–Crippen MR) is 102 cm³/mol. The van der Waals surface area contributed by atoms with Crippen LogP contribution in [-0.4, -0.2) is 34.1 Å². The number of anilines is 1. The Morgan fingerprint density at radius 2 is 1.78 bits per heavy atom. The summed E-state index contributed by atoms with van der Waals surface area (Å²) in [4.78, 5) is 17.2. The SMILES string of the molecule is CNc1nc(-c2cncnc2)nc2c(OC)cc(-c3ccccc3F)cc12. The molecule has 134 valence electrons. The number of benzene rings is 2. The van der Waals surface area contributed by atoms with E-state index in [1.807, 2.05) is 6.07 Å². The molecule has 0 aliphatic carbocycles. The molecule has 4 aromatic rings. The van der Waals surface area contributed by atoms with Gasteiger partial charge in [-0.25, -0.2) is 24.3 Å². The van der Waals surface area contributed by atoms with Gasteiger partial charge in [-0.1, -0.05) is 18.2 Å². The monoisotopic (exact) mass is 361 g/mol. The quantitative estimate of drug-likeness (QED) is 0.593. The lowest BCUT2D eigenvalue weighted by atomic mass is 10.0. The first-order valence-electron chi connectivity index (χ1n) is 8.29. The lowest BCUT2D eigenvalue weighted by Crippen LogP contribution is -2.01. The van der Waals surface area contributed by atoms with Gasteiger partial charge in [-0.15, -0.1) is 0 Å². The van der Waals surface area contributed by atoms with Crippen LogP contribution in [0.5, 0.6) is 5.75 Å². The summed E-state index contributed by atoms with van der Waals surface area (Å²) in [5.41, 5.74) is 2.49. The molecule has 7 heteroatoms. The topological polar surface area (TPSA) is 72.8 Å². The maximum atomic E-state index is 14.3. The Balaban J connectivity index is 1.99. The molecule has 27 heavy (non-hydrogen) atoms. The first-order chi connectivity index (χ1) is 13.2. The third-order valence-electron chi connectivity index (χ3n) is 4.23. The second kappa shape index (κ2) is 6.95. The maximum Gasteiger partial charge on any atom is 0.165 e. The highest BCUT2D eigenvalue weighted by atomic mass is 19.1.